The number of fused-ring (bicyclic) bond motifs is 3. The van der Waals surface area contributed by atoms with Gasteiger partial charge in [0.05, 0.1) is 39.7 Å². The average Bonchev–Trinajstić information content (AvgIpc) is 3.70. The van der Waals surface area contributed by atoms with Crippen LogP contribution in [0.25, 0.3) is 77.8 Å². The molecule has 0 bridgehead atoms. The molecular weight excluding hydrogens is 514 g/mol. The zero-order valence-electron chi connectivity index (χ0n) is 22.5. The van der Waals surface area contributed by atoms with Gasteiger partial charge in [0.25, 0.3) is 0 Å². The van der Waals surface area contributed by atoms with Gasteiger partial charge in [-0.1, -0.05) is 91.0 Å². The van der Waals surface area contributed by atoms with Gasteiger partial charge in [0.1, 0.15) is 0 Å². The number of rotatable bonds is 4. The molecule has 4 heterocycles. The summed E-state index contributed by atoms with van der Waals surface area (Å²) in [7, 11) is 0. The van der Waals surface area contributed by atoms with E-state index in [1.165, 1.54) is 27.2 Å². The fourth-order valence-electron chi connectivity index (χ4n) is 6.31. The molecular formula is C37H23N5. The molecule has 0 radical (unpaired) electrons. The van der Waals surface area contributed by atoms with Crippen LogP contribution in [0.3, 0.4) is 0 Å². The van der Waals surface area contributed by atoms with Gasteiger partial charge in [-0.25, -0.2) is 14.5 Å². The van der Waals surface area contributed by atoms with E-state index in [9.17, 15) is 0 Å². The molecule has 0 amide bonds. The lowest BCUT2D eigenvalue weighted by atomic mass is 10.1. The van der Waals surface area contributed by atoms with Gasteiger partial charge < -0.3 is 4.57 Å². The molecule has 5 nitrogen and oxygen atoms in total. The maximum atomic E-state index is 5.01. The van der Waals surface area contributed by atoms with Gasteiger partial charge in [-0.2, -0.15) is 5.10 Å². The molecule has 0 fully saturated rings. The molecule has 0 atom stereocenters. The normalized spacial score (nSPS) is 11.8. The van der Waals surface area contributed by atoms with E-state index in [-0.39, 0.29) is 0 Å². The molecule has 9 rings (SSSR count). The van der Waals surface area contributed by atoms with Crippen molar-refractivity contribution in [2.24, 2.45) is 0 Å². The van der Waals surface area contributed by atoms with E-state index in [1.807, 2.05) is 42.6 Å². The molecule has 0 saturated carbocycles. The number of benzene rings is 5. The van der Waals surface area contributed by atoms with Gasteiger partial charge in [-0.05, 0) is 42.5 Å². The van der Waals surface area contributed by atoms with Crippen LogP contribution in [0.2, 0.25) is 0 Å². The van der Waals surface area contributed by atoms with Gasteiger partial charge in [0.2, 0.25) is 0 Å². The van der Waals surface area contributed by atoms with Crippen molar-refractivity contribution in [3.8, 4) is 39.6 Å². The Labute approximate surface area is 241 Å². The summed E-state index contributed by atoms with van der Waals surface area (Å²) >= 11 is 0. The number of pyridine rings is 1. The van der Waals surface area contributed by atoms with E-state index in [4.69, 9.17) is 9.97 Å². The number of hydrogen-bond donors (Lipinski definition) is 0. The summed E-state index contributed by atoms with van der Waals surface area (Å²) in [6.45, 7) is 0. The second kappa shape index (κ2) is 8.85. The van der Waals surface area contributed by atoms with Gasteiger partial charge in [0.15, 0.2) is 5.82 Å². The van der Waals surface area contributed by atoms with Gasteiger partial charge in [-0.15, -0.1) is 0 Å². The van der Waals surface area contributed by atoms with Crippen LogP contribution in [-0.4, -0.2) is 24.1 Å². The van der Waals surface area contributed by atoms with Crippen molar-refractivity contribution >= 4 is 38.2 Å². The lowest BCUT2D eigenvalue weighted by Crippen LogP contribution is -1.97. The maximum absolute atomic E-state index is 5.01. The first-order chi connectivity index (χ1) is 20.8. The van der Waals surface area contributed by atoms with Crippen molar-refractivity contribution in [2.45, 2.75) is 0 Å². The fraction of sp³-hybridized carbons (Fsp3) is 0. The zero-order valence-corrected chi connectivity index (χ0v) is 22.5. The van der Waals surface area contributed by atoms with Crippen LogP contribution in [0.1, 0.15) is 0 Å². The summed E-state index contributed by atoms with van der Waals surface area (Å²) in [6, 6.07) is 46.4. The Bertz CT molecular complexity index is 2240. The Morgan fingerprint density at radius 1 is 0.452 bits per heavy atom. The van der Waals surface area contributed by atoms with Crippen molar-refractivity contribution in [3.05, 3.63) is 140 Å². The molecule has 5 heteroatoms. The van der Waals surface area contributed by atoms with Crippen molar-refractivity contribution in [1.29, 1.82) is 0 Å². The molecule has 0 aliphatic heterocycles. The second-order valence-corrected chi connectivity index (χ2v) is 10.6. The van der Waals surface area contributed by atoms with Crippen LogP contribution in [0, 0.1) is 0 Å². The molecule has 9 aromatic rings. The predicted molar refractivity (Wildman–Crippen MR) is 170 cm³/mol. The molecule has 5 aromatic carbocycles. The molecule has 0 saturated heterocycles. The number of hydrogen-bond acceptors (Lipinski definition) is 3. The Kier molecular flexibility index (Phi) is 4.83. The maximum Gasteiger partial charge on any atom is 0.160 e. The van der Waals surface area contributed by atoms with E-state index in [0.29, 0.717) is 0 Å². The smallest absolute Gasteiger partial charge is 0.160 e. The highest BCUT2D eigenvalue weighted by molar-refractivity contribution is 6.26. The first-order valence-electron chi connectivity index (χ1n) is 14.1. The third-order valence-corrected chi connectivity index (χ3v) is 8.19. The van der Waals surface area contributed by atoms with Gasteiger partial charge in [0, 0.05) is 38.5 Å². The number of nitrogens with zero attached hydrogens (tertiary/aromatic N) is 5. The Hall–Kier alpha value is -5.81. The van der Waals surface area contributed by atoms with Gasteiger partial charge >= 0.3 is 0 Å². The minimum Gasteiger partial charge on any atom is -0.309 e. The molecule has 0 unspecified atom stereocenters. The van der Waals surface area contributed by atoms with E-state index in [2.05, 4.69) is 111 Å². The quantitative estimate of drug-likeness (QED) is 0.211. The molecule has 0 N–H and O–H groups in total. The fourth-order valence-corrected chi connectivity index (χ4v) is 6.31. The minimum atomic E-state index is 0.717. The lowest BCUT2D eigenvalue weighted by Gasteiger charge is -2.11. The molecule has 0 aliphatic carbocycles. The van der Waals surface area contributed by atoms with Crippen LogP contribution in [0.4, 0.5) is 0 Å². The molecule has 0 spiro atoms. The van der Waals surface area contributed by atoms with Crippen molar-refractivity contribution in [2.75, 3.05) is 0 Å². The largest absolute Gasteiger partial charge is 0.309 e. The van der Waals surface area contributed by atoms with Crippen LogP contribution in [0.15, 0.2) is 140 Å². The Morgan fingerprint density at radius 2 is 1.07 bits per heavy atom. The topological polar surface area (TPSA) is 48.0 Å². The molecule has 196 valence electrons. The molecule has 42 heavy (non-hydrogen) atoms. The summed E-state index contributed by atoms with van der Waals surface area (Å²) in [5, 5.41) is 8.37. The van der Waals surface area contributed by atoms with Crippen molar-refractivity contribution in [3.63, 3.8) is 0 Å². The van der Waals surface area contributed by atoms with Gasteiger partial charge in [-0.3, -0.25) is 0 Å². The third kappa shape index (κ3) is 3.34. The summed E-state index contributed by atoms with van der Waals surface area (Å²) in [5.74, 6) is 0.717. The zero-order chi connectivity index (χ0) is 27.6. The van der Waals surface area contributed by atoms with E-state index in [0.717, 1.165) is 50.6 Å². The lowest BCUT2D eigenvalue weighted by molar-refractivity contribution is 1.01. The summed E-state index contributed by atoms with van der Waals surface area (Å²) < 4.78 is 4.42. The molecule has 4 aromatic heterocycles. The predicted octanol–water partition coefficient (Wildman–Crippen LogP) is 8.81. The van der Waals surface area contributed by atoms with Crippen molar-refractivity contribution in [1.82, 2.24) is 24.1 Å². The first-order valence-corrected chi connectivity index (χ1v) is 14.1. The minimum absolute atomic E-state index is 0.717. The Balaban J connectivity index is 1.22. The van der Waals surface area contributed by atoms with Crippen molar-refractivity contribution < 1.29 is 0 Å². The van der Waals surface area contributed by atoms with E-state index < -0.39 is 0 Å². The van der Waals surface area contributed by atoms with Crippen LogP contribution in [-0.2, 0) is 0 Å². The standard InChI is InChI=1S/C37H23N5/c1-3-9-24(10-4-1)29-23-30(40-37(39-29)26-11-5-2-6-12-26)25-17-19-27(20-18-25)41-32-14-7-13-28-31-21-22-38-42(31)34-16-8-15-33(41)36(34)35(28)32/h1-23H. The van der Waals surface area contributed by atoms with E-state index in [1.54, 1.807) is 0 Å². The second-order valence-electron chi connectivity index (χ2n) is 10.6. The van der Waals surface area contributed by atoms with Crippen LogP contribution in [0.5, 0.6) is 0 Å². The third-order valence-electron chi connectivity index (χ3n) is 8.19. The van der Waals surface area contributed by atoms with Crippen LogP contribution >= 0.6 is 0 Å². The van der Waals surface area contributed by atoms with Crippen LogP contribution < -0.4 is 0 Å². The monoisotopic (exact) mass is 537 g/mol. The van der Waals surface area contributed by atoms with E-state index >= 15 is 0 Å². The highest BCUT2D eigenvalue weighted by Gasteiger charge is 2.20. The first kappa shape index (κ1) is 22.9. The SMILES string of the molecule is c1ccc(-c2cc(-c3ccc(-n4c5cccc6c5c5c4cccc5n4nccc64)cc3)nc(-c3ccccc3)n2)cc1. The average molecular weight is 538 g/mol. The highest BCUT2D eigenvalue weighted by Crippen LogP contribution is 2.40. The summed E-state index contributed by atoms with van der Waals surface area (Å²) in [4.78, 5) is 9.95. The highest BCUT2D eigenvalue weighted by atomic mass is 15.2. The summed E-state index contributed by atoms with van der Waals surface area (Å²) in [6.07, 6.45) is 1.88. The molecule has 0 aliphatic rings. The Morgan fingerprint density at radius 3 is 1.81 bits per heavy atom. The summed E-state index contributed by atoms with van der Waals surface area (Å²) in [5.41, 5.74) is 10.6. The number of aromatic nitrogens is 5.